The van der Waals surface area contributed by atoms with Crippen molar-refractivity contribution in [3.05, 3.63) is 33.9 Å². The topological polar surface area (TPSA) is 72.7 Å². The lowest BCUT2D eigenvalue weighted by atomic mass is 10.1. The second kappa shape index (κ2) is 5.36. The molecule has 1 aliphatic heterocycles. The Hall–Kier alpha value is -1.95. The third-order valence-electron chi connectivity index (χ3n) is 3.11. The van der Waals surface area contributed by atoms with E-state index in [1.54, 1.807) is 0 Å². The molecule has 0 bridgehead atoms. The standard InChI is InChI=1S/C13H16N2O4/c1-9-6-14(7-10(2)19-9)13-5-12(15(17)18)4-3-11(13)8-16/h3-5,8-10H,6-7H2,1-2H3. The molecule has 0 spiro atoms. The van der Waals surface area contributed by atoms with Gasteiger partial charge in [0.25, 0.3) is 5.69 Å². The Kier molecular flexibility index (Phi) is 3.80. The highest BCUT2D eigenvalue weighted by Crippen LogP contribution is 2.27. The number of carbonyl (C=O) groups excluding carboxylic acids is 1. The molecule has 0 amide bonds. The van der Waals surface area contributed by atoms with Crippen LogP contribution in [0.3, 0.4) is 0 Å². The van der Waals surface area contributed by atoms with E-state index < -0.39 is 4.92 Å². The predicted molar refractivity (Wildman–Crippen MR) is 70.7 cm³/mol. The first kappa shape index (κ1) is 13.5. The van der Waals surface area contributed by atoms with Crippen molar-refractivity contribution in [2.24, 2.45) is 0 Å². The third-order valence-corrected chi connectivity index (χ3v) is 3.11. The molecule has 1 aromatic carbocycles. The number of morpholine rings is 1. The van der Waals surface area contributed by atoms with Gasteiger partial charge >= 0.3 is 0 Å². The number of benzene rings is 1. The first-order chi connectivity index (χ1) is 9.01. The zero-order chi connectivity index (χ0) is 14.0. The van der Waals surface area contributed by atoms with Gasteiger partial charge in [-0.25, -0.2) is 0 Å². The minimum absolute atomic E-state index is 0.00704. The van der Waals surface area contributed by atoms with Crippen LogP contribution in [0.5, 0.6) is 0 Å². The highest BCUT2D eigenvalue weighted by molar-refractivity contribution is 5.85. The second-order valence-electron chi connectivity index (χ2n) is 4.78. The average Bonchev–Trinajstić information content (AvgIpc) is 2.36. The number of rotatable bonds is 3. The number of nitrogens with zero attached hydrogens (tertiary/aromatic N) is 2. The lowest BCUT2D eigenvalue weighted by molar-refractivity contribution is -0.384. The van der Waals surface area contributed by atoms with E-state index in [-0.39, 0.29) is 17.9 Å². The van der Waals surface area contributed by atoms with Gasteiger partial charge in [0.1, 0.15) is 0 Å². The van der Waals surface area contributed by atoms with E-state index in [9.17, 15) is 14.9 Å². The molecule has 0 aliphatic carbocycles. The number of ether oxygens (including phenoxy) is 1. The lowest BCUT2D eigenvalue weighted by Gasteiger charge is -2.37. The second-order valence-corrected chi connectivity index (χ2v) is 4.78. The van der Waals surface area contributed by atoms with Gasteiger partial charge in [-0.2, -0.15) is 0 Å². The number of hydrogen-bond acceptors (Lipinski definition) is 5. The maximum absolute atomic E-state index is 11.1. The van der Waals surface area contributed by atoms with E-state index in [1.165, 1.54) is 18.2 Å². The van der Waals surface area contributed by atoms with Crippen molar-refractivity contribution in [2.75, 3.05) is 18.0 Å². The van der Waals surface area contributed by atoms with Crippen LogP contribution in [0.2, 0.25) is 0 Å². The largest absolute Gasteiger partial charge is 0.372 e. The van der Waals surface area contributed by atoms with Gasteiger partial charge in [0.15, 0.2) is 6.29 Å². The molecule has 1 saturated heterocycles. The van der Waals surface area contributed by atoms with Crippen molar-refractivity contribution >= 4 is 17.7 Å². The summed E-state index contributed by atoms with van der Waals surface area (Å²) < 4.78 is 5.63. The first-order valence-corrected chi connectivity index (χ1v) is 6.15. The molecule has 0 saturated carbocycles. The average molecular weight is 264 g/mol. The molecule has 0 N–H and O–H groups in total. The van der Waals surface area contributed by atoms with Crippen molar-refractivity contribution in [3.8, 4) is 0 Å². The summed E-state index contributed by atoms with van der Waals surface area (Å²) in [4.78, 5) is 23.4. The molecule has 1 fully saturated rings. The fourth-order valence-corrected chi connectivity index (χ4v) is 2.39. The molecule has 6 nitrogen and oxygen atoms in total. The zero-order valence-electron chi connectivity index (χ0n) is 10.9. The molecule has 0 aromatic heterocycles. The number of hydrogen-bond donors (Lipinski definition) is 0. The van der Waals surface area contributed by atoms with Crippen LogP contribution in [0, 0.1) is 10.1 Å². The SMILES string of the molecule is CC1CN(c2cc([N+](=O)[O-])ccc2C=O)CC(C)O1. The molecule has 6 heteroatoms. The maximum Gasteiger partial charge on any atom is 0.271 e. The molecule has 0 radical (unpaired) electrons. The summed E-state index contributed by atoms with van der Waals surface area (Å²) in [6.07, 6.45) is 0.786. The van der Waals surface area contributed by atoms with Gasteiger partial charge in [0, 0.05) is 30.8 Å². The quantitative estimate of drug-likeness (QED) is 0.474. The van der Waals surface area contributed by atoms with Crippen LogP contribution in [0.4, 0.5) is 11.4 Å². The number of aldehydes is 1. The van der Waals surface area contributed by atoms with Crippen LogP contribution in [-0.2, 0) is 4.74 Å². The minimum atomic E-state index is -0.453. The maximum atomic E-state index is 11.1. The van der Waals surface area contributed by atoms with Gasteiger partial charge in [0.05, 0.1) is 22.8 Å². The summed E-state index contributed by atoms with van der Waals surface area (Å²) >= 11 is 0. The Bertz CT molecular complexity index is 493. The molecule has 19 heavy (non-hydrogen) atoms. The first-order valence-electron chi connectivity index (χ1n) is 6.15. The number of carbonyl (C=O) groups is 1. The number of anilines is 1. The van der Waals surface area contributed by atoms with Gasteiger partial charge in [-0.05, 0) is 19.9 Å². The molecular weight excluding hydrogens is 248 g/mol. The van der Waals surface area contributed by atoms with E-state index in [0.717, 1.165) is 6.29 Å². The number of nitro benzene ring substituents is 1. The van der Waals surface area contributed by atoms with E-state index in [1.807, 2.05) is 18.7 Å². The zero-order valence-corrected chi connectivity index (χ0v) is 10.9. The summed E-state index contributed by atoms with van der Waals surface area (Å²) in [5.74, 6) is 0. The minimum Gasteiger partial charge on any atom is -0.372 e. The molecule has 102 valence electrons. The Morgan fingerprint density at radius 3 is 2.53 bits per heavy atom. The molecule has 2 atom stereocenters. The van der Waals surface area contributed by atoms with E-state index in [2.05, 4.69) is 0 Å². The Morgan fingerprint density at radius 2 is 2.00 bits per heavy atom. The molecule has 1 heterocycles. The van der Waals surface area contributed by atoms with Crippen molar-refractivity contribution in [1.82, 2.24) is 0 Å². The lowest BCUT2D eigenvalue weighted by Crippen LogP contribution is -2.45. The van der Waals surface area contributed by atoms with E-state index in [0.29, 0.717) is 24.3 Å². The van der Waals surface area contributed by atoms with E-state index in [4.69, 9.17) is 4.74 Å². The Balaban J connectivity index is 2.38. The van der Waals surface area contributed by atoms with Crippen molar-refractivity contribution in [3.63, 3.8) is 0 Å². The van der Waals surface area contributed by atoms with Crippen molar-refractivity contribution in [2.45, 2.75) is 26.1 Å². The number of non-ortho nitro benzene ring substituents is 1. The summed E-state index contributed by atoms with van der Waals surface area (Å²) in [5.41, 5.74) is 1.06. The fourth-order valence-electron chi connectivity index (χ4n) is 2.39. The fraction of sp³-hybridized carbons (Fsp3) is 0.462. The van der Waals surface area contributed by atoms with E-state index >= 15 is 0 Å². The molecule has 1 aliphatic rings. The monoisotopic (exact) mass is 264 g/mol. The van der Waals surface area contributed by atoms with Gasteiger partial charge in [0.2, 0.25) is 0 Å². The molecule has 1 aromatic rings. The molecular formula is C13H16N2O4. The van der Waals surface area contributed by atoms with Crippen molar-refractivity contribution in [1.29, 1.82) is 0 Å². The van der Waals surface area contributed by atoms with Gasteiger partial charge in [-0.15, -0.1) is 0 Å². The summed E-state index contributed by atoms with van der Waals surface area (Å²) in [5, 5.41) is 10.8. The Morgan fingerprint density at radius 1 is 1.37 bits per heavy atom. The number of nitro groups is 1. The van der Waals surface area contributed by atoms with Crippen molar-refractivity contribution < 1.29 is 14.5 Å². The highest BCUT2D eigenvalue weighted by atomic mass is 16.6. The normalized spacial score (nSPS) is 23.2. The van der Waals surface area contributed by atoms with Crippen LogP contribution in [0.15, 0.2) is 18.2 Å². The third kappa shape index (κ3) is 2.90. The van der Waals surface area contributed by atoms with Crippen LogP contribution in [-0.4, -0.2) is 36.5 Å². The molecule has 2 rings (SSSR count). The van der Waals surface area contributed by atoms with Crippen LogP contribution >= 0.6 is 0 Å². The summed E-state index contributed by atoms with van der Waals surface area (Å²) in [6.45, 7) is 5.12. The van der Waals surface area contributed by atoms with Gasteiger partial charge < -0.3 is 9.64 Å². The van der Waals surface area contributed by atoms with Crippen LogP contribution in [0.1, 0.15) is 24.2 Å². The van der Waals surface area contributed by atoms with Gasteiger partial charge in [-0.1, -0.05) is 0 Å². The predicted octanol–water partition coefficient (Wildman–Crippen LogP) is 2.02. The van der Waals surface area contributed by atoms with Crippen LogP contribution in [0.25, 0.3) is 0 Å². The Labute approximate surface area is 111 Å². The molecule has 2 unspecified atom stereocenters. The summed E-state index contributed by atoms with van der Waals surface area (Å²) in [7, 11) is 0. The van der Waals surface area contributed by atoms with Crippen LogP contribution < -0.4 is 4.90 Å². The highest BCUT2D eigenvalue weighted by Gasteiger charge is 2.25. The van der Waals surface area contributed by atoms with Gasteiger partial charge in [-0.3, -0.25) is 14.9 Å². The summed E-state index contributed by atoms with van der Waals surface area (Å²) in [6, 6.07) is 4.29. The smallest absolute Gasteiger partial charge is 0.271 e.